The molecule has 0 aliphatic heterocycles. The molecule has 0 amide bonds. The molecule has 0 aromatic heterocycles. The standard InChI is InChI=1S/C7H7BrFNO2S/c1-13(11,12)10-7-4-5(9)2-3-6(7)8/h2-4,10H,1H3. The predicted molar refractivity (Wildman–Crippen MR) is 52.6 cm³/mol. The quantitative estimate of drug-likeness (QED) is 0.891. The summed E-state index contributed by atoms with van der Waals surface area (Å²) in [6, 6.07) is 3.77. The van der Waals surface area contributed by atoms with Crippen molar-refractivity contribution in [2.24, 2.45) is 0 Å². The minimum absolute atomic E-state index is 0.197. The third-order valence-electron chi connectivity index (χ3n) is 1.22. The molecular weight excluding hydrogens is 261 g/mol. The van der Waals surface area contributed by atoms with Gasteiger partial charge in [0, 0.05) is 4.47 Å². The zero-order valence-corrected chi connectivity index (χ0v) is 9.12. The third-order valence-corrected chi connectivity index (χ3v) is 2.51. The number of anilines is 1. The lowest BCUT2D eigenvalue weighted by atomic mass is 10.3. The Morgan fingerprint density at radius 1 is 1.46 bits per heavy atom. The van der Waals surface area contributed by atoms with Gasteiger partial charge in [0.05, 0.1) is 11.9 Å². The minimum atomic E-state index is -3.36. The first-order valence-electron chi connectivity index (χ1n) is 3.31. The summed E-state index contributed by atoms with van der Waals surface area (Å²) >= 11 is 3.09. The van der Waals surface area contributed by atoms with E-state index < -0.39 is 15.8 Å². The maximum atomic E-state index is 12.7. The molecule has 0 atom stereocenters. The van der Waals surface area contributed by atoms with Gasteiger partial charge < -0.3 is 0 Å². The van der Waals surface area contributed by atoms with E-state index in [-0.39, 0.29) is 5.69 Å². The van der Waals surface area contributed by atoms with E-state index in [0.29, 0.717) is 4.47 Å². The van der Waals surface area contributed by atoms with Gasteiger partial charge in [0.1, 0.15) is 5.82 Å². The zero-order valence-electron chi connectivity index (χ0n) is 6.71. The van der Waals surface area contributed by atoms with E-state index in [0.717, 1.165) is 12.3 Å². The Balaban J connectivity index is 3.08. The Labute approximate surface area is 84.1 Å². The molecule has 1 aromatic rings. The highest BCUT2D eigenvalue weighted by Gasteiger charge is 2.06. The van der Waals surface area contributed by atoms with Crippen molar-refractivity contribution < 1.29 is 12.8 Å². The fourth-order valence-electron chi connectivity index (χ4n) is 0.775. The Morgan fingerprint density at radius 3 is 2.62 bits per heavy atom. The number of rotatable bonds is 2. The highest BCUT2D eigenvalue weighted by molar-refractivity contribution is 9.10. The first-order valence-corrected chi connectivity index (χ1v) is 6.00. The summed E-state index contributed by atoms with van der Waals surface area (Å²) < 4.78 is 37.0. The summed E-state index contributed by atoms with van der Waals surface area (Å²) in [7, 11) is -3.36. The van der Waals surface area contributed by atoms with Crippen LogP contribution in [-0.2, 0) is 10.0 Å². The Morgan fingerprint density at radius 2 is 2.08 bits per heavy atom. The van der Waals surface area contributed by atoms with Crippen LogP contribution >= 0.6 is 15.9 Å². The normalized spacial score (nSPS) is 11.3. The average Bonchev–Trinajstić information content (AvgIpc) is 1.94. The second-order valence-corrected chi connectivity index (χ2v) is 5.10. The molecule has 1 N–H and O–H groups in total. The van der Waals surface area contributed by atoms with Crippen LogP contribution in [0.2, 0.25) is 0 Å². The molecule has 0 bridgehead atoms. The average molecular weight is 268 g/mol. The van der Waals surface area contributed by atoms with Gasteiger partial charge in [-0.1, -0.05) is 0 Å². The van der Waals surface area contributed by atoms with Gasteiger partial charge >= 0.3 is 0 Å². The number of sulfonamides is 1. The Kier molecular flexibility index (Phi) is 2.92. The van der Waals surface area contributed by atoms with Gasteiger partial charge in [-0.15, -0.1) is 0 Å². The Bertz CT molecular complexity index is 419. The van der Waals surface area contributed by atoms with Crippen molar-refractivity contribution in [1.29, 1.82) is 0 Å². The van der Waals surface area contributed by atoms with Crippen LogP contribution in [0.1, 0.15) is 0 Å². The van der Waals surface area contributed by atoms with Crippen molar-refractivity contribution in [2.45, 2.75) is 0 Å². The predicted octanol–water partition coefficient (Wildman–Crippen LogP) is 1.96. The summed E-state index contributed by atoms with van der Waals surface area (Å²) in [5.74, 6) is -0.491. The largest absolute Gasteiger partial charge is 0.283 e. The zero-order chi connectivity index (χ0) is 10.1. The summed E-state index contributed by atoms with van der Waals surface area (Å²) in [5.41, 5.74) is 0.197. The van der Waals surface area contributed by atoms with Crippen molar-refractivity contribution in [2.75, 3.05) is 11.0 Å². The van der Waals surface area contributed by atoms with Crippen LogP contribution in [0.15, 0.2) is 22.7 Å². The first-order chi connectivity index (χ1) is 5.88. The lowest BCUT2D eigenvalue weighted by molar-refractivity contribution is 0.606. The minimum Gasteiger partial charge on any atom is -0.283 e. The molecule has 0 saturated heterocycles. The number of hydrogen-bond acceptors (Lipinski definition) is 2. The third kappa shape index (κ3) is 3.31. The van der Waals surface area contributed by atoms with Crippen molar-refractivity contribution in [1.82, 2.24) is 0 Å². The molecule has 72 valence electrons. The van der Waals surface area contributed by atoms with Gasteiger partial charge in [-0.3, -0.25) is 4.72 Å². The van der Waals surface area contributed by atoms with Gasteiger partial charge in [0.2, 0.25) is 10.0 Å². The second kappa shape index (κ2) is 3.63. The van der Waals surface area contributed by atoms with E-state index in [1.54, 1.807) is 0 Å². The molecule has 0 heterocycles. The molecule has 0 aliphatic carbocycles. The molecule has 1 aromatic carbocycles. The van der Waals surface area contributed by atoms with Crippen LogP contribution in [0.3, 0.4) is 0 Å². The van der Waals surface area contributed by atoms with Crippen LogP contribution in [0.5, 0.6) is 0 Å². The van der Waals surface area contributed by atoms with Gasteiger partial charge in [0.25, 0.3) is 0 Å². The summed E-state index contributed by atoms with van der Waals surface area (Å²) in [6.45, 7) is 0. The highest BCUT2D eigenvalue weighted by Crippen LogP contribution is 2.23. The number of nitrogens with one attached hydrogen (secondary N) is 1. The number of benzene rings is 1. The topological polar surface area (TPSA) is 46.2 Å². The van der Waals surface area contributed by atoms with Crippen molar-refractivity contribution in [3.05, 3.63) is 28.5 Å². The maximum Gasteiger partial charge on any atom is 0.229 e. The summed E-state index contributed by atoms with van der Waals surface area (Å²) in [4.78, 5) is 0. The van der Waals surface area contributed by atoms with E-state index in [9.17, 15) is 12.8 Å². The van der Waals surface area contributed by atoms with Gasteiger partial charge in [-0.05, 0) is 34.1 Å². The van der Waals surface area contributed by atoms with E-state index >= 15 is 0 Å². The monoisotopic (exact) mass is 267 g/mol. The van der Waals surface area contributed by atoms with Crippen LogP contribution in [0, 0.1) is 5.82 Å². The molecule has 13 heavy (non-hydrogen) atoms. The van der Waals surface area contributed by atoms with E-state index in [4.69, 9.17) is 0 Å². The smallest absolute Gasteiger partial charge is 0.229 e. The van der Waals surface area contributed by atoms with Crippen LogP contribution < -0.4 is 4.72 Å². The van der Waals surface area contributed by atoms with Crippen molar-refractivity contribution >= 4 is 31.6 Å². The molecule has 0 radical (unpaired) electrons. The molecule has 0 aliphatic rings. The van der Waals surface area contributed by atoms with Gasteiger partial charge in [-0.2, -0.15) is 0 Å². The Hall–Kier alpha value is -0.620. The summed E-state index contributed by atoms with van der Waals surface area (Å²) in [6.07, 6.45) is 1.00. The van der Waals surface area contributed by atoms with Crippen LogP contribution in [0.25, 0.3) is 0 Å². The highest BCUT2D eigenvalue weighted by atomic mass is 79.9. The van der Waals surface area contributed by atoms with Crippen LogP contribution in [0.4, 0.5) is 10.1 Å². The lowest BCUT2D eigenvalue weighted by Gasteiger charge is -2.05. The van der Waals surface area contributed by atoms with Crippen molar-refractivity contribution in [3.8, 4) is 0 Å². The molecular formula is C7H7BrFNO2S. The molecule has 6 heteroatoms. The fourth-order valence-corrected chi connectivity index (χ4v) is 1.82. The lowest BCUT2D eigenvalue weighted by Crippen LogP contribution is -2.10. The first kappa shape index (κ1) is 10.5. The van der Waals surface area contributed by atoms with E-state index in [1.165, 1.54) is 12.1 Å². The SMILES string of the molecule is CS(=O)(=O)Nc1cc(F)ccc1Br. The number of halogens is 2. The van der Waals surface area contributed by atoms with Crippen LogP contribution in [-0.4, -0.2) is 14.7 Å². The van der Waals surface area contributed by atoms with Gasteiger partial charge in [0.15, 0.2) is 0 Å². The molecule has 0 saturated carbocycles. The van der Waals surface area contributed by atoms with Gasteiger partial charge in [-0.25, -0.2) is 12.8 Å². The van der Waals surface area contributed by atoms with E-state index in [1.807, 2.05) is 0 Å². The maximum absolute atomic E-state index is 12.7. The van der Waals surface area contributed by atoms with Crippen molar-refractivity contribution in [3.63, 3.8) is 0 Å². The summed E-state index contributed by atoms with van der Waals surface area (Å²) in [5, 5.41) is 0. The molecule has 3 nitrogen and oxygen atoms in total. The second-order valence-electron chi connectivity index (χ2n) is 2.50. The molecule has 0 spiro atoms. The fraction of sp³-hybridized carbons (Fsp3) is 0.143. The molecule has 0 fully saturated rings. The molecule has 0 unspecified atom stereocenters. The number of hydrogen-bond donors (Lipinski definition) is 1. The molecule has 1 rings (SSSR count). The van der Waals surface area contributed by atoms with E-state index in [2.05, 4.69) is 20.7 Å².